The highest BCUT2D eigenvalue weighted by molar-refractivity contribution is 14.1. The molecular weight excluding hydrogens is 493 g/mol. The summed E-state index contributed by atoms with van der Waals surface area (Å²) < 4.78 is 25.0. The van der Waals surface area contributed by atoms with E-state index in [1.807, 2.05) is 0 Å². The average Bonchev–Trinajstić information content (AvgIpc) is 3.03. The van der Waals surface area contributed by atoms with E-state index in [0.717, 1.165) is 5.19 Å². The van der Waals surface area contributed by atoms with E-state index >= 15 is 0 Å². The Labute approximate surface area is 149 Å². The summed E-state index contributed by atoms with van der Waals surface area (Å²) >= 11 is 11.5. The molecule has 0 fully saturated rings. The molecule has 0 bridgehead atoms. The summed E-state index contributed by atoms with van der Waals surface area (Å²) in [5, 5.41) is 8.85. The third kappa shape index (κ3) is 3.96. The second kappa shape index (κ2) is 7.89. The maximum atomic E-state index is 13.6. The van der Waals surface area contributed by atoms with Crippen LogP contribution in [0.15, 0.2) is 28.9 Å². The van der Waals surface area contributed by atoms with Gasteiger partial charge in [-0.15, -0.1) is 21.8 Å². The molecule has 114 valence electrons. The van der Waals surface area contributed by atoms with Crippen molar-refractivity contribution in [2.45, 2.75) is 6.61 Å². The largest absolute Gasteiger partial charge is 0.468 e. The van der Waals surface area contributed by atoms with E-state index in [2.05, 4.69) is 48.7 Å². The van der Waals surface area contributed by atoms with E-state index in [1.165, 1.54) is 0 Å². The highest BCUT2D eigenvalue weighted by Crippen LogP contribution is 2.17. The van der Waals surface area contributed by atoms with Crippen molar-refractivity contribution in [3.05, 3.63) is 33.9 Å². The van der Waals surface area contributed by atoms with Gasteiger partial charge in [0, 0.05) is 16.5 Å². The highest BCUT2D eigenvalue weighted by atomic mass is 127. The van der Waals surface area contributed by atoms with Crippen molar-refractivity contribution in [1.82, 2.24) is 10.2 Å². The van der Waals surface area contributed by atoms with Crippen LogP contribution in [0.2, 0.25) is 0 Å². The molecule has 0 saturated heterocycles. The smallest absolute Gasteiger partial charge is 0.233 e. The van der Waals surface area contributed by atoms with Gasteiger partial charge in [0.05, 0.1) is 12.6 Å². The summed E-state index contributed by atoms with van der Waals surface area (Å²) in [4.78, 5) is 0.527. The Hall–Kier alpha value is -0.193. The first-order valence-electron chi connectivity index (χ1n) is 6.02. The minimum atomic E-state index is -2.46. The van der Waals surface area contributed by atoms with Crippen LogP contribution in [0.25, 0.3) is 0 Å². The fraction of sp³-hybridized carbons (Fsp3) is 0.333. The molecule has 0 aliphatic rings. The van der Waals surface area contributed by atoms with E-state index in [1.54, 1.807) is 24.5 Å². The maximum Gasteiger partial charge on any atom is 0.233 e. The lowest BCUT2D eigenvalue weighted by atomic mass is 10.5. The molecule has 4 nitrogen and oxygen atoms in total. The summed E-state index contributed by atoms with van der Waals surface area (Å²) in [5.74, 6) is 1.03. The topological polar surface area (TPSA) is 48.2 Å². The lowest BCUT2D eigenvalue weighted by Crippen LogP contribution is -2.56. The van der Waals surface area contributed by atoms with Crippen LogP contribution in [0.4, 0.5) is 4.39 Å². The van der Waals surface area contributed by atoms with Gasteiger partial charge in [0.1, 0.15) is 24.1 Å². The Bertz CT molecular complexity index is 578. The van der Waals surface area contributed by atoms with Crippen LogP contribution >= 0.6 is 50.1 Å². The third-order valence-corrected chi connectivity index (χ3v) is 12.1. The lowest BCUT2D eigenvalue weighted by Gasteiger charge is -2.24. The number of nitrogens with zero attached hydrogens (tertiary/aromatic N) is 2. The fourth-order valence-electron chi connectivity index (χ4n) is 1.66. The van der Waals surface area contributed by atoms with E-state index in [4.69, 9.17) is 20.8 Å². The average molecular weight is 506 g/mol. The van der Waals surface area contributed by atoms with E-state index in [9.17, 15) is 4.39 Å². The monoisotopic (exact) mass is 504 g/mol. The Kier molecular flexibility index (Phi) is 6.45. The van der Waals surface area contributed by atoms with Crippen molar-refractivity contribution >= 4 is 63.4 Å². The van der Waals surface area contributed by atoms with Crippen molar-refractivity contribution in [2.75, 3.05) is 16.8 Å². The van der Waals surface area contributed by atoms with Crippen LogP contribution in [0.3, 0.4) is 0 Å². The van der Waals surface area contributed by atoms with Gasteiger partial charge >= 0.3 is 0 Å². The van der Waals surface area contributed by atoms with E-state index in [0.29, 0.717) is 20.3 Å². The van der Waals surface area contributed by atoms with Gasteiger partial charge in [-0.1, -0.05) is 15.9 Å². The Morgan fingerprint density at radius 2 is 2.29 bits per heavy atom. The first-order chi connectivity index (χ1) is 10.1. The number of alkyl halides is 3. The molecule has 2 aromatic rings. The molecule has 0 amide bonds. The molecule has 0 spiro atoms. The summed E-state index contributed by atoms with van der Waals surface area (Å²) in [7, 11) is -2.46. The minimum absolute atomic E-state index is 0.251. The molecule has 2 aromatic heterocycles. The van der Waals surface area contributed by atoms with Crippen molar-refractivity contribution in [1.29, 1.82) is 0 Å². The predicted molar refractivity (Wildman–Crippen MR) is 93.7 cm³/mol. The van der Waals surface area contributed by atoms with Gasteiger partial charge in [0.15, 0.2) is 0 Å². The third-order valence-electron chi connectivity index (χ3n) is 3.01. The first kappa shape index (κ1) is 17.2. The van der Waals surface area contributed by atoms with Gasteiger partial charge < -0.3 is 9.15 Å². The molecule has 0 saturated carbocycles. The van der Waals surface area contributed by atoms with Gasteiger partial charge in [0.2, 0.25) is 5.88 Å². The van der Waals surface area contributed by atoms with Crippen LogP contribution in [-0.2, 0) is 6.61 Å². The maximum absolute atomic E-state index is 13.6. The van der Waals surface area contributed by atoms with Gasteiger partial charge in [0.25, 0.3) is 0 Å². The summed E-state index contributed by atoms with van der Waals surface area (Å²) in [6, 6.07) is 5.33. The van der Waals surface area contributed by atoms with Crippen LogP contribution in [0.5, 0.6) is 5.88 Å². The summed E-state index contributed by atoms with van der Waals surface area (Å²) in [6.07, 6.45) is 1.12. The van der Waals surface area contributed by atoms with Gasteiger partial charge in [-0.05, 0) is 39.9 Å². The van der Waals surface area contributed by atoms with Crippen molar-refractivity contribution in [2.24, 2.45) is 0 Å². The summed E-state index contributed by atoms with van der Waals surface area (Å²) in [6.45, 7) is 0.251. The number of halogens is 4. The molecule has 0 radical (unpaired) electrons. The molecule has 0 aliphatic heterocycles. The van der Waals surface area contributed by atoms with Crippen LogP contribution in [-0.4, -0.2) is 35.0 Å². The second-order valence-electron chi connectivity index (χ2n) is 4.44. The van der Waals surface area contributed by atoms with Crippen molar-refractivity contribution < 1.29 is 13.5 Å². The van der Waals surface area contributed by atoms with Crippen LogP contribution in [0, 0.1) is 3.70 Å². The first-order valence-corrected chi connectivity index (χ1v) is 11.4. The normalized spacial score (nSPS) is 13.9. The van der Waals surface area contributed by atoms with Gasteiger partial charge in [-0.2, -0.15) is 0 Å². The Balaban J connectivity index is 2.24. The number of furan rings is 1. The molecule has 21 heavy (non-hydrogen) atoms. The highest BCUT2D eigenvalue weighted by Gasteiger charge is 2.37. The SMILES string of the molecule is FC[Si](CCl)(CBr)c1cc(OCc2ccco2)nnc1I. The standard InChI is InChI=1S/C12H12BrClFIN2O2Si/c13-6-21(7-14,8-15)10-4-11(17-18-12(10)16)20-5-9-2-1-3-19-9/h1-4H,5-8H2. The van der Waals surface area contributed by atoms with Gasteiger partial charge in [-0.3, -0.25) is 4.39 Å². The molecule has 1 atom stereocenters. The number of rotatable bonds is 7. The Morgan fingerprint density at radius 1 is 1.48 bits per heavy atom. The lowest BCUT2D eigenvalue weighted by molar-refractivity contribution is 0.258. The molecule has 2 heterocycles. The Morgan fingerprint density at radius 3 is 2.86 bits per heavy atom. The molecule has 0 N–H and O–H groups in total. The van der Waals surface area contributed by atoms with Gasteiger partial charge in [-0.25, -0.2) is 0 Å². The van der Waals surface area contributed by atoms with Crippen molar-refractivity contribution in [3.63, 3.8) is 0 Å². The fourth-order valence-corrected chi connectivity index (χ4v) is 8.77. The number of hydrogen-bond acceptors (Lipinski definition) is 4. The number of hydrogen-bond donors (Lipinski definition) is 0. The molecular formula is C12H12BrClFIN2O2Si. The van der Waals surface area contributed by atoms with Crippen LogP contribution in [0.1, 0.15) is 5.76 Å². The minimum Gasteiger partial charge on any atom is -0.468 e. The molecule has 0 aromatic carbocycles. The molecule has 2 rings (SSSR count). The quantitative estimate of drug-likeness (QED) is 0.330. The van der Waals surface area contributed by atoms with E-state index < -0.39 is 14.4 Å². The number of aromatic nitrogens is 2. The molecule has 9 heteroatoms. The second-order valence-corrected chi connectivity index (χ2v) is 11.8. The molecule has 0 aliphatic carbocycles. The number of ether oxygens (including phenoxy) is 1. The van der Waals surface area contributed by atoms with Crippen molar-refractivity contribution in [3.8, 4) is 5.88 Å². The van der Waals surface area contributed by atoms with E-state index in [-0.39, 0.29) is 12.1 Å². The zero-order valence-electron chi connectivity index (χ0n) is 10.9. The predicted octanol–water partition coefficient (Wildman–Crippen LogP) is 3.13. The van der Waals surface area contributed by atoms with Crippen LogP contribution < -0.4 is 9.92 Å². The summed E-state index contributed by atoms with van der Waals surface area (Å²) in [5.41, 5.74) is 0.272. The molecule has 1 unspecified atom stereocenters. The zero-order chi connectivity index (χ0) is 15.3. The zero-order valence-corrected chi connectivity index (χ0v) is 16.4.